The van der Waals surface area contributed by atoms with Gasteiger partial charge in [0.25, 0.3) is 0 Å². The predicted molar refractivity (Wildman–Crippen MR) is 143 cm³/mol. The summed E-state index contributed by atoms with van der Waals surface area (Å²) in [5, 5.41) is 4.55. The second-order valence-electron chi connectivity index (χ2n) is 9.41. The molecular weight excluding hydrogens is 558 g/mol. The summed E-state index contributed by atoms with van der Waals surface area (Å²) in [4.78, 5) is 27.7. The van der Waals surface area contributed by atoms with Crippen molar-refractivity contribution in [3.63, 3.8) is 0 Å². The first-order valence-corrected chi connectivity index (χ1v) is 14.7. The molecule has 4 heterocycles. The van der Waals surface area contributed by atoms with E-state index >= 15 is 0 Å². The smallest absolute Gasteiger partial charge is 0.360 e. The Hall–Kier alpha value is -2.93. The molecule has 4 aromatic rings. The van der Waals surface area contributed by atoms with E-state index in [0.717, 1.165) is 29.2 Å². The number of benzene rings is 1. The highest BCUT2D eigenvalue weighted by Gasteiger charge is 2.24. The molecule has 38 heavy (non-hydrogen) atoms. The van der Waals surface area contributed by atoms with Gasteiger partial charge in [-0.25, -0.2) is 22.6 Å². The van der Waals surface area contributed by atoms with Gasteiger partial charge in [-0.3, -0.25) is 14.6 Å². The Bertz CT molecular complexity index is 1660. The minimum absolute atomic E-state index is 0.0661. The number of hydrogen-bond acceptors (Lipinski definition) is 7. The lowest BCUT2D eigenvalue weighted by atomic mass is 10.1. The lowest BCUT2D eigenvalue weighted by Gasteiger charge is -2.31. The van der Waals surface area contributed by atoms with Crippen molar-refractivity contribution in [2.45, 2.75) is 31.9 Å². The summed E-state index contributed by atoms with van der Waals surface area (Å²) >= 11 is 12.3. The summed E-state index contributed by atoms with van der Waals surface area (Å²) in [6.07, 6.45) is 5.59. The number of hydrogen-bond donors (Lipinski definition) is 1. The molecule has 1 saturated heterocycles. The monoisotopic (exact) mass is 582 g/mol. The van der Waals surface area contributed by atoms with Crippen LogP contribution in [-0.2, 0) is 9.84 Å². The molecule has 0 spiro atoms. The van der Waals surface area contributed by atoms with Gasteiger partial charge in [-0.15, -0.1) is 4.73 Å². The molecule has 202 valence electrons. The number of H-pyrrole nitrogens is 1. The number of nitrogens with zero attached hydrogens (tertiary/aromatic N) is 5. The summed E-state index contributed by atoms with van der Waals surface area (Å²) < 4.78 is 40.0. The third kappa shape index (κ3) is 5.44. The quantitative estimate of drug-likeness (QED) is 0.329. The number of pyridine rings is 1. The normalized spacial score (nSPS) is 16.2. The molecule has 1 aromatic carbocycles. The Morgan fingerprint density at radius 1 is 1.21 bits per heavy atom. The van der Waals surface area contributed by atoms with Crippen molar-refractivity contribution in [2.75, 3.05) is 25.2 Å². The number of piperidine rings is 1. The van der Waals surface area contributed by atoms with E-state index in [-0.39, 0.29) is 27.5 Å². The van der Waals surface area contributed by atoms with Crippen LogP contribution in [0.2, 0.25) is 10.0 Å². The lowest BCUT2D eigenvalue weighted by molar-refractivity contribution is 0.0492. The molecule has 0 amide bonds. The standard InChI is InChI=1S/C24H25Cl2FN6O4S/c1-14(21-17(25)3-4-18(27)22(21)26)37-33-20-6-5-19(29-23(20)30-24(33)34)15-11-28-32(12-15)16-7-9-31(10-8-16)13-38(2,35)36/h3-6,11-12,14,16H,7-10,13H2,1-2H3,(H,29,30,34). The third-order valence-electron chi connectivity index (χ3n) is 6.50. The number of sulfone groups is 1. The molecule has 1 aliphatic rings. The van der Waals surface area contributed by atoms with Crippen molar-refractivity contribution in [1.29, 1.82) is 0 Å². The van der Waals surface area contributed by atoms with Crippen LogP contribution in [-0.4, -0.2) is 63.0 Å². The highest BCUT2D eigenvalue weighted by atomic mass is 35.5. The maximum Gasteiger partial charge on any atom is 0.360 e. The van der Waals surface area contributed by atoms with Crippen LogP contribution in [0.4, 0.5) is 4.39 Å². The second-order valence-corrected chi connectivity index (χ2v) is 12.3. The van der Waals surface area contributed by atoms with Gasteiger partial charge >= 0.3 is 5.69 Å². The second kappa shape index (κ2) is 10.3. The minimum Gasteiger partial charge on any atom is -0.401 e. The van der Waals surface area contributed by atoms with Crippen molar-refractivity contribution in [2.24, 2.45) is 0 Å². The molecule has 1 fully saturated rings. The molecular formula is C24H25Cl2FN6O4S. The fourth-order valence-electron chi connectivity index (χ4n) is 4.68. The molecule has 3 aromatic heterocycles. The molecule has 1 aliphatic heterocycles. The third-order valence-corrected chi connectivity index (χ3v) is 8.05. The van der Waals surface area contributed by atoms with Crippen molar-refractivity contribution in [3.8, 4) is 11.3 Å². The van der Waals surface area contributed by atoms with Crippen LogP contribution in [0.5, 0.6) is 0 Å². The fourth-order valence-corrected chi connectivity index (χ4v) is 6.27. The van der Waals surface area contributed by atoms with Crippen LogP contribution < -0.4 is 10.5 Å². The molecule has 0 radical (unpaired) electrons. The maximum atomic E-state index is 14.0. The van der Waals surface area contributed by atoms with Gasteiger partial charge in [0.1, 0.15) is 17.2 Å². The van der Waals surface area contributed by atoms with Gasteiger partial charge in [0.2, 0.25) is 0 Å². The first kappa shape index (κ1) is 26.7. The first-order valence-electron chi connectivity index (χ1n) is 11.9. The summed E-state index contributed by atoms with van der Waals surface area (Å²) in [5.41, 5.74) is 1.74. The van der Waals surface area contributed by atoms with Crippen molar-refractivity contribution in [1.82, 2.24) is 29.4 Å². The van der Waals surface area contributed by atoms with Crippen molar-refractivity contribution < 1.29 is 17.6 Å². The number of fused-ring (bicyclic) bond motifs is 1. The highest BCUT2D eigenvalue weighted by Crippen LogP contribution is 2.33. The van der Waals surface area contributed by atoms with E-state index in [1.165, 1.54) is 12.3 Å². The van der Waals surface area contributed by atoms with E-state index in [1.807, 2.05) is 15.8 Å². The number of halogens is 3. The zero-order valence-corrected chi connectivity index (χ0v) is 22.9. The number of imidazole rings is 1. The predicted octanol–water partition coefficient (Wildman–Crippen LogP) is 3.86. The Morgan fingerprint density at radius 3 is 2.66 bits per heavy atom. The number of nitrogens with one attached hydrogen (secondary N) is 1. The molecule has 14 heteroatoms. The van der Waals surface area contributed by atoms with Gasteiger partial charge in [0, 0.05) is 41.7 Å². The Balaban J connectivity index is 1.34. The van der Waals surface area contributed by atoms with Gasteiger partial charge in [-0.1, -0.05) is 23.2 Å². The number of aromatic amines is 1. The van der Waals surface area contributed by atoms with Gasteiger partial charge < -0.3 is 4.84 Å². The molecule has 0 aliphatic carbocycles. The van der Waals surface area contributed by atoms with Gasteiger partial charge in [-0.05, 0) is 44.0 Å². The summed E-state index contributed by atoms with van der Waals surface area (Å²) in [6, 6.07) is 6.13. The Labute approximate surface area is 227 Å². The van der Waals surface area contributed by atoms with Crippen LogP contribution in [0.15, 0.2) is 41.5 Å². The minimum atomic E-state index is -3.05. The largest absolute Gasteiger partial charge is 0.401 e. The molecule has 10 nitrogen and oxygen atoms in total. The number of aromatic nitrogens is 5. The zero-order chi connectivity index (χ0) is 27.2. The van der Waals surface area contributed by atoms with E-state index < -0.39 is 27.4 Å². The SMILES string of the molecule is CC(On1c(=O)[nH]c2nc(-c3cnn(C4CCN(CS(C)(=O)=O)CC4)c3)ccc21)c1c(Cl)ccc(F)c1Cl. The van der Waals surface area contributed by atoms with Crippen LogP contribution >= 0.6 is 23.2 Å². The van der Waals surface area contributed by atoms with Crippen LogP contribution in [0.3, 0.4) is 0 Å². The van der Waals surface area contributed by atoms with E-state index in [9.17, 15) is 17.6 Å². The summed E-state index contributed by atoms with van der Waals surface area (Å²) in [6.45, 7) is 2.96. The van der Waals surface area contributed by atoms with Gasteiger partial charge in [-0.2, -0.15) is 5.10 Å². The summed E-state index contributed by atoms with van der Waals surface area (Å²) in [5.74, 6) is -0.574. The molecule has 0 saturated carbocycles. The average molecular weight is 583 g/mol. The molecule has 1 unspecified atom stereocenters. The topological polar surface area (TPSA) is 115 Å². The van der Waals surface area contributed by atoms with E-state index in [2.05, 4.69) is 15.1 Å². The van der Waals surface area contributed by atoms with Crippen LogP contribution in [0, 0.1) is 5.82 Å². The maximum absolute atomic E-state index is 14.0. The molecule has 0 bridgehead atoms. The molecule has 1 N–H and O–H groups in total. The van der Waals surface area contributed by atoms with Crippen molar-refractivity contribution in [3.05, 3.63) is 68.6 Å². The fraction of sp³-hybridized carbons (Fsp3) is 0.375. The number of rotatable bonds is 7. The average Bonchev–Trinajstić information content (AvgIpc) is 3.46. The zero-order valence-electron chi connectivity index (χ0n) is 20.6. The van der Waals surface area contributed by atoms with Gasteiger partial charge in [0.15, 0.2) is 21.6 Å². The molecule has 1 atom stereocenters. The Morgan fingerprint density at radius 2 is 1.95 bits per heavy atom. The lowest BCUT2D eigenvalue weighted by Crippen LogP contribution is -2.37. The van der Waals surface area contributed by atoms with E-state index in [1.54, 1.807) is 25.3 Å². The van der Waals surface area contributed by atoms with Crippen LogP contribution in [0.25, 0.3) is 22.4 Å². The Kier molecular flexibility index (Phi) is 7.25. The summed E-state index contributed by atoms with van der Waals surface area (Å²) in [7, 11) is -3.05. The van der Waals surface area contributed by atoms with E-state index in [4.69, 9.17) is 28.0 Å². The highest BCUT2D eigenvalue weighted by molar-refractivity contribution is 7.90. The van der Waals surface area contributed by atoms with E-state index in [0.29, 0.717) is 29.9 Å². The van der Waals surface area contributed by atoms with Crippen molar-refractivity contribution >= 4 is 44.2 Å². The molecule has 5 rings (SSSR count). The van der Waals surface area contributed by atoms with Crippen LogP contribution in [0.1, 0.15) is 37.5 Å². The first-order chi connectivity index (χ1) is 18.0. The van der Waals surface area contributed by atoms with Gasteiger partial charge in [0.05, 0.1) is 23.0 Å². The number of likely N-dealkylation sites (tertiary alicyclic amines) is 1.